The number of Topliss-reactive ketones (excluding diaryl/α,β-unsaturated/α-hetero) is 1. The van der Waals surface area contributed by atoms with Gasteiger partial charge in [-0.25, -0.2) is 4.79 Å². The minimum absolute atomic E-state index is 0.226. The van der Waals surface area contributed by atoms with Crippen LogP contribution in [-0.4, -0.2) is 35.4 Å². The van der Waals surface area contributed by atoms with E-state index in [1.165, 1.54) is 0 Å². The number of hydrogen-bond acceptors (Lipinski definition) is 5. The molecule has 0 fully saturated rings. The molecule has 1 amide bonds. The van der Waals surface area contributed by atoms with Crippen molar-refractivity contribution in [3.8, 4) is 0 Å². The molecule has 0 bridgehead atoms. The Labute approximate surface area is 183 Å². The Kier molecular flexibility index (Phi) is 6.28. The molecular formula is C25H21NO6. The summed E-state index contributed by atoms with van der Waals surface area (Å²) >= 11 is 0. The van der Waals surface area contributed by atoms with Gasteiger partial charge in [0.15, 0.2) is 5.78 Å². The molecule has 3 aromatic carbocycles. The largest absolute Gasteiger partial charge is 0.480 e. The fourth-order valence-corrected chi connectivity index (χ4v) is 3.47. The summed E-state index contributed by atoms with van der Waals surface area (Å²) in [4.78, 5) is 36.5. The first-order valence-corrected chi connectivity index (χ1v) is 10.1. The lowest BCUT2D eigenvalue weighted by Gasteiger charge is -2.14. The Morgan fingerprint density at radius 2 is 1.62 bits per heavy atom. The number of amides is 1. The molecule has 0 spiro atoms. The van der Waals surface area contributed by atoms with Crippen molar-refractivity contribution in [2.45, 2.75) is 19.1 Å². The van der Waals surface area contributed by atoms with Gasteiger partial charge < -0.3 is 19.6 Å². The summed E-state index contributed by atoms with van der Waals surface area (Å²) in [5.74, 6) is -2.28. The number of ketones is 1. The van der Waals surface area contributed by atoms with Gasteiger partial charge in [-0.05, 0) is 29.8 Å². The van der Waals surface area contributed by atoms with Crippen LogP contribution in [0, 0.1) is 0 Å². The Balaban J connectivity index is 1.40. The number of ether oxygens (including phenoxy) is 1. The number of nitrogens with one attached hydrogen (secondary N) is 1. The van der Waals surface area contributed by atoms with Gasteiger partial charge in [-0.15, -0.1) is 0 Å². The molecule has 162 valence electrons. The number of hydrogen-bond donors (Lipinski definition) is 2. The van der Waals surface area contributed by atoms with Crippen LogP contribution in [0.3, 0.4) is 0 Å². The second kappa shape index (κ2) is 9.45. The van der Waals surface area contributed by atoms with Crippen molar-refractivity contribution in [2.24, 2.45) is 0 Å². The highest BCUT2D eigenvalue weighted by molar-refractivity contribution is 6.09. The van der Waals surface area contributed by atoms with Gasteiger partial charge in [0, 0.05) is 22.8 Å². The van der Waals surface area contributed by atoms with Crippen LogP contribution in [0.15, 0.2) is 77.2 Å². The standard InChI is InChI=1S/C25H21NO6/c27-21(17-10-11-23-19(12-17)18-8-4-5-9-22(18)32-23)13-20(25(29)30)26-24(28)15-31-14-16-6-2-1-3-7-16/h1-12,20H,13-15H2,(H,26,28)(H,29,30). The van der Waals surface area contributed by atoms with Gasteiger partial charge >= 0.3 is 5.97 Å². The van der Waals surface area contributed by atoms with Crippen molar-refractivity contribution < 1.29 is 28.6 Å². The molecule has 2 N–H and O–H groups in total. The van der Waals surface area contributed by atoms with E-state index in [1.54, 1.807) is 18.2 Å². The molecule has 7 heteroatoms. The molecule has 32 heavy (non-hydrogen) atoms. The second-order valence-electron chi connectivity index (χ2n) is 7.37. The normalized spacial score (nSPS) is 12.0. The second-order valence-corrected chi connectivity index (χ2v) is 7.37. The average Bonchev–Trinajstić information content (AvgIpc) is 3.17. The zero-order valence-corrected chi connectivity index (χ0v) is 17.1. The molecule has 4 rings (SSSR count). The number of carbonyl (C=O) groups excluding carboxylic acids is 2. The van der Waals surface area contributed by atoms with Crippen LogP contribution in [0.5, 0.6) is 0 Å². The molecule has 0 aliphatic rings. The van der Waals surface area contributed by atoms with E-state index in [1.807, 2.05) is 54.6 Å². The molecule has 1 heterocycles. The summed E-state index contributed by atoms with van der Waals surface area (Å²) in [6.45, 7) is -0.0799. The van der Waals surface area contributed by atoms with Crippen molar-refractivity contribution in [3.05, 3.63) is 83.9 Å². The summed E-state index contributed by atoms with van der Waals surface area (Å²) in [5.41, 5.74) is 2.59. The number of carbonyl (C=O) groups is 3. The summed E-state index contributed by atoms with van der Waals surface area (Å²) in [6, 6.07) is 20.4. The fourth-order valence-electron chi connectivity index (χ4n) is 3.47. The third kappa shape index (κ3) is 4.84. The highest BCUT2D eigenvalue weighted by Crippen LogP contribution is 2.29. The van der Waals surface area contributed by atoms with Gasteiger partial charge in [-0.2, -0.15) is 0 Å². The molecular weight excluding hydrogens is 410 g/mol. The molecule has 1 atom stereocenters. The summed E-state index contributed by atoms with van der Waals surface area (Å²) in [7, 11) is 0. The maximum absolute atomic E-state index is 12.8. The quantitative estimate of drug-likeness (QED) is 0.389. The van der Waals surface area contributed by atoms with Crippen LogP contribution < -0.4 is 5.32 Å². The first-order valence-electron chi connectivity index (χ1n) is 10.1. The minimum Gasteiger partial charge on any atom is -0.480 e. The topological polar surface area (TPSA) is 106 Å². The van der Waals surface area contributed by atoms with E-state index < -0.39 is 23.7 Å². The van der Waals surface area contributed by atoms with E-state index in [0.717, 1.165) is 16.3 Å². The molecule has 0 saturated heterocycles. The number of furan rings is 1. The zero-order chi connectivity index (χ0) is 22.5. The van der Waals surface area contributed by atoms with Crippen LogP contribution in [0.1, 0.15) is 22.3 Å². The van der Waals surface area contributed by atoms with Crippen molar-refractivity contribution in [1.82, 2.24) is 5.32 Å². The Morgan fingerprint density at radius 1 is 0.906 bits per heavy atom. The average molecular weight is 431 g/mol. The lowest BCUT2D eigenvalue weighted by Crippen LogP contribution is -2.43. The van der Waals surface area contributed by atoms with E-state index in [2.05, 4.69) is 5.32 Å². The molecule has 0 saturated carbocycles. The molecule has 1 unspecified atom stereocenters. The van der Waals surface area contributed by atoms with Gasteiger partial charge in [-0.1, -0.05) is 48.5 Å². The van der Waals surface area contributed by atoms with Gasteiger partial charge in [0.25, 0.3) is 0 Å². The van der Waals surface area contributed by atoms with Gasteiger partial charge in [-0.3, -0.25) is 9.59 Å². The highest BCUT2D eigenvalue weighted by atomic mass is 16.5. The predicted octanol–water partition coefficient (Wildman–Crippen LogP) is 3.95. The highest BCUT2D eigenvalue weighted by Gasteiger charge is 2.24. The van der Waals surface area contributed by atoms with Crippen LogP contribution >= 0.6 is 0 Å². The van der Waals surface area contributed by atoms with Crippen LogP contribution in [0.2, 0.25) is 0 Å². The molecule has 0 aliphatic heterocycles. The molecule has 0 aliphatic carbocycles. The van der Waals surface area contributed by atoms with Crippen molar-refractivity contribution >= 4 is 39.6 Å². The molecule has 0 radical (unpaired) electrons. The first-order chi connectivity index (χ1) is 15.5. The van der Waals surface area contributed by atoms with E-state index in [-0.39, 0.29) is 19.6 Å². The van der Waals surface area contributed by atoms with E-state index in [9.17, 15) is 19.5 Å². The third-order valence-electron chi connectivity index (χ3n) is 5.07. The summed E-state index contributed by atoms with van der Waals surface area (Å²) < 4.78 is 11.1. The maximum atomic E-state index is 12.8. The smallest absolute Gasteiger partial charge is 0.326 e. The number of carboxylic acid groups (broad SMARTS) is 1. The van der Waals surface area contributed by atoms with Crippen LogP contribution in [-0.2, 0) is 20.9 Å². The minimum atomic E-state index is -1.35. The first kappa shape index (κ1) is 21.3. The van der Waals surface area contributed by atoms with Crippen molar-refractivity contribution in [3.63, 3.8) is 0 Å². The SMILES string of the molecule is O=C(COCc1ccccc1)NC(CC(=O)c1ccc2oc3ccccc3c2c1)C(=O)O. The Morgan fingerprint density at radius 3 is 2.41 bits per heavy atom. The maximum Gasteiger partial charge on any atom is 0.326 e. The van der Waals surface area contributed by atoms with Crippen molar-refractivity contribution in [2.75, 3.05) is 6.61 Å². The predicted molar refractivity (Wildman–Crippen MR) is 118 cm³/mol. The van der Waals surface area contributed by atoms with Gasteiger partial charge in [0.2, 0.25) is 5.91 Å². The van der Waals surface area contributed by atoms with Crippen LogP contribution in [0.4, 0.5) is 0 Å². The molecule has 4 aromatic rings. The van der Waals surface area contributed by atoms with Crippen LogP contribution in [0.25, 0.3) is 21.9 Å². The Bertz CT molecular complexity index is 1280. The Hall–Kier alpha value is -3.97. The van der Waals surface area contributed by atoms with E-state index in [4.69, 9.17) is 9.15 Å². The van der Waals surface area contributed by atoms with E-state index >= 15 is 0 Å². The summed E-state index contributed by atoms with van der Waals surface area (Å²) in [5, 5.41) is 13.5. The molecule has 7 nitrogen and oxygen atoms in total. The molecule has 1 aromatic heterocycles. The van der Waals surface area contributed by atoms with Gasteiger partial charge in [0.1, 0.15) is 23.8 Å². The number of para-hydroxylation sites is 1. The lowest BCUT2D eigenvalue weighted by molar-refractivity contribution is -0.142. The fraction of sp³-hybridized carbons (Fsp3) is 0.160. The number of carboxylic acids is 1. The summed E-state index contributed by atoms with van der Waals surface area (Å²) in [6.07, 6.45) is -0.374. The monoisotopic (exact) mass is 431 g/mol. The number of benzene rings is 3. The number of aliphatic carboxylic acids is 1. The van der Waals surface area contributed by atoms with E-state index in [0.29, 0.717) is 16.7 Å². The van der Waals surface area contributed by atoms with Crippen molar-refractivity contribution in [1.29, 1.82) is 0 Å². The zero-order valence-electron chi connectivity index (χ0n) is 17.1. The lowest BCUT2D eigenvalue weighted by atomic mass is 10.0. The number of fused-ring (bicyclic) bond motifs is 3. The third-order valence-corrected chi connectivity index (χ3v) is 5.07. The number of rotatable bonds is 9. The van der Waals surface area contributed by atoms with Gasteiger partial charge in [0.05, 0.1) is 6.61 Å².